The van der Waals surface area contributed by atoms with Crippen LogP contribution in [0.4, 0.5) is 0 Å². The van der Waals surface area contributed by atoms with Crippen molar-refractivity contribution in [3.63, 3.8) is 0 Å². The summed E-state index contributed by atoms with van der Waals surface area (Å²) in [5.74, 6) is -5.74. The lowest BCUT2D eigenvalue weighted by atomic mass is 9.69. The fourth-order valence-electron chi connectivity index (χ4n) is 4.48. The average molecular weight is 469 g/mol. The van der Waals surface area contributed by atoms with Gasteiger partial charge in [0.25, 0.3) is 5.78 Å². The number of aliphatic hydroxyl groups excluding tert-OH is 1. The van der Waals surface area contributed by atoms with Crippen molar-refractivity contribution in [2.75, 3.05) is 0 Å². The molecule has 0 radical (unpaired) electrons. The van der Waals surface area contributed by atoms with Gasteiger partial charge in [-0.1, -0.05) is 46.6 Å². The minimum atomic E-state index is -2.43. The van der Waals surface area contributed by atoms with Crippen molar-refractivity contribution in [3.05, 3.63) is 57.9 Å². The molecular weight excluding hydrogens is 432 g/mol. The molecule has 3 rings (SSSR count). The highest BCUT2D eigenvalue weighted by Gasteiger charge is 2.61. The molecule has 0 aromatic rings. The molecule has 1 unspecified atom stereocenters. The number of ketones is 3. The van der Waals surface area contributed by atoms with E-state index in [0.29, 0.717) is 0 Å². The second-order valence-electron chi connectivity index (χ2n) is 9.63. The Morgan fingerprint density at radius 1 is 0.941 bits per heavy atom. The molecule has 0 amide bonds. The number of hydrogen-bond acceptors (Lipinski definition) is 6. The van der Waals surface area contributed by atoms with Gasteiger partial charge in [0.05, 0.1) is 5.57 Å². The van der Waals surface area contributed by atoms with E-state index in [-0.39, 0.29) is 18.4 Å². The van der Waals surface area contributed by atoms with Gasteiger partial charge in [-0.15, -0.1) is 0 Å². The number of carbonyl (C=O) groups is 4. The molecule has 0 heterocycles. The lowest BCUT2D eigenvalue weighted by molar-refractivity contribution is -0.177. The maximum atomic E-state index is 13.6. The number of hydrogen-bond donors (Lipinski definition) is 1. The minimum Gasteiger partial charge on any atom is -0.504 e. The molecule has 0 spiro atoms. The molecule has 0 saturated carbocycles. The first-order chi connectivity index (χ1) is 15.9. The summed E-state index contributed by atoms with van der Waals surface area (Å²) in [5.41, 5.74) is 1.26. The van der Waals surface area contributed by atoms with E-state index in [1.165, 1.54) is 5.57 Å². The Morgan fingerprint density at radius 2 is 1.50 bits per heavy atom. The summed E-state index contributed by atoms with van der Waals surface area (Å²) in [7, 11) is 0. The molecule has 6 heteroatoms. The molecule has 34 heavy (non-hydrogen) atoms. The van der Waals surface area contributed by atoms with Crippen LogP contribution in [-0.4, -0.2) is 34.0 Å². The van der Waals surface area contributed by atoms with Gasteiger partial charge in [0, 0.05) is 12.8 Å². The van der Waals surface area contributed by atoms with Crippen LogP contribution in [0.1, 0.15) is 80.1 Å². The summed E-state index contributed by atoms with van der Waals surface area (Å²) in [6.45, 7) is 10.6. The van der Waals surface area contributed by atoms with Crippen LogP contribution in [0.5, 0.6) is 0 Å². The first-order valence-electron chi connectivity index (χ1n) is 11.8. The SMILES string of the molecule is CC(=O)OC12C(=O)C(=O)C(=C(O)C1=O)C/C=C(\C)CC/C=C(\C)CC/C=C(\C)C[C@H]2C=C(C)C. The molecule has 1 N–H and O–H groups in total. The first kappa shape index (κ1) is 27.2. The van der Waals surface area contributed by atoms with Gasteiger partial charge in [-0.3, -0.25) is 19.2 Å². The first-order valence-corrected chi connectivity index (χ1v) is 11.8. The predicted molar refractivity (Wildman–Crippen MR) is 131 cm³/mol. The highest BCUT2D eigenvalue weighted by molar-refractivity contribution is 6.54. The van der Waals surface area contributed by atoms with Gasteiger partial charge < -0.3 is 9.84 Å². The molecule has 0 aliphatic heterocycles. The van der Waals surface area contributed by atoms with Crippen LogP contribution in [0, 0.1) is 5.92 Å². The summed E-state index contributed by atoms with van der Waals surface area (Å²) in [6.07, 6.45) is 11.1. The molecule has 6 nitrogen and oxygen atoms in total. The Hall–Kier alpha value is -3.02. The smallest absolute Gasteiger partial charge is 0.304 e. The molecule has 0 aromatic carbocycles. The minimum absolute atomic E-state index is 0.0426. The van der Waals surface area contributed by atoms with Crippen LogP contribution in [0.25, 0.3) is 0 Å². The van der Waals surface area contributed by atoms with Crippen molar-refractivity contribution in [1.82, 2.24) is 0 Å². The standard InChI is InChI=1S/C28H36O6/c1-17(2)15-22-16-20(5)12-8-10-18(3)9-7-11-19(4)13-14-23-24(30)26(32)28(22,34-21(6)29)27(33)25(23)31/h9,12-13,15,22,30H,7-8,10-11,14,16H2,1-6H3/b18-9+,19-13+,20-12+/t22-,28?/m1/s1. The zero-order valence-electron chi connectivity index (χ0n) is 21.1. The van der Waals surface area contributed by atoms with E-state index in [2.05, 4.69) is 13.0 Å². The zero-order chi connectivity index (χ0) is 25.6. The van der Waals surface area contributed by atoms with Gasteiger partial charge in [0.15, 0.2) is 5.76 Å². The quantitative estimate of drug-likeness (QED) is 0.245. The number of aliphatic hydroxyl groups is 1. The summed E-state index contributed by atoms with van der Waals surface area (Å²) in [5, 5.41) is 10.8. The maximum Gasteiger partial charge on any atom is 0.304 e. The van der Waals surface area contributed by atoms with Crippen LogP contribution in [0.2, 0.25) is 0 Å². The van der Waals surface area contributed by atoms with Crippen molar-refractivity contribution < 1.29 is 29.0 Å². The van der Waals surface area contributed by atoms with E-state index in [1.807, 2.05) is 19.9 Å². The number of allylic oxidation sites excluding steroid dienone is 8. The lowest BCUT2D eigenvalue weighted by Gasteiger charge is -2.38. The van der Waals surface area contributed by atoms with Gasteiger partial charge in [0.2, 0.25) is 17.2 Å². The molecular formula is C28H36O6. The van der Waals surface area contributed by atoms with Crippen LogP contribution in [0.15, 0.2) is 57.9 Å². The fraction of sp³-hybridized carbons (Fsp3) is 0.500. The van der Waals surface area contributed by atoms with Gasteiger partial charge >= 0.3 is 5.97 Å². The summed E-state index contributed by atoms with van der Waals surface area (Å²) >= 11 is 0. The number of fused-ring (bicyclic) bond motifs is 11. The van der Waals surface area contributed by atoms with Crippen molar-refractivity contribution in [1.29, 1.82) is 0 Å². The second kappa shape index (κ2) is 11.4. The molecule has 0 saturated heterocycles. The number of carbonyl (C=O) groups excluding carboxylic acids is 4. The second-order valence-corrected chi connectivity index (χ2v) is 9.63. The highest BCUT2D eigenvalue weighted by Crippen LogP contribution is 2.39. The molecule has 2 bridgehead atoms. The molecule has 3 aliphatic carbocycles. The zero-order valence-corrected chi connectivity index (χ0v) is 21.1. The van der Waals surface area contributed by atoms with E-state index < -0.39 is 40.6 Å². The molecule has 184 valence electrons. The summed E-state index contributed by atoms with van der Waals surface area (Å²) in [4.78, 5) is 52.4. The Labute approximate surface area is 202 Å². The van der Waals surface area contributed by atoms with Crippen LogP contribution < -0.4 is 0 Å². The Kier molecular flexibility index (Phi) is 9.14. The molecule has 3 aliphatic rings. The monoisotopic (exact) mass is 468 g/mol. The van der Waals surface area contributed by atoms with E-state index in [0.717, 1.165) is 49.3 Å². The van der Waals surface area contributed by atoms with Gasteiger partial charge in [-0.25, -0.2) is 0 Å². The third kappa shape index (κ3) is 6.10. The van der Waals surface area contributed by atoms with Crippen LogP contribution in [0.3, 0.4) is 0 Å². The van der Waals surface area contributed by atoms with E-state index in [9.17, 15) is 24.3 Å². The highest BCUT2D eigenvalue weighted by atomic mass is 16.6. The Bertz CT molecular complexity index is 1030. The van der Waals surface area contributed by atoms with E-state index in [1.54, 1.807) is 26.0 Å². The van der Waals surface area contributed by atoms with Crippen molar-refractivity contribution in [2.45, 2.75) is 85.7 Å². The normalized spacial score (nSPS) is 29.9. The van der Waals surface area contributed by atoms with Crippen molar-refractivity contribution in [3.8, 4) is 0 Å². The summed E-state index contributed by atoms with van der Waals surface area (Å²) in [6, 6.07) is 0. The Balaban J connectivity index is 2.76. The summed E-state index contributed by atoms with van der Waals surface area (Å²) < 4.78 is 5.41. The fourth-order valence-corrected chi connectivity index (χ4v) is 4.48. The number of esters is 1. The van der Waals surface area contributed by atoms with Gasteiger partial charge in [-0.05, 0) is 73.1 Å². The molecule has 2 atom stereocenters. The van der Waals surface area contributed by atoms with Crippen molar-refractivity contribution >= 4 is 23.3 Å². The predicted octanol–water partition coefficient (Wildman–Crippen LogP) is 5.60. The van der Waals surface area contributed by atoms with Crippen molar-refractivity contribution in [2.24, 2.45) is 5.92 Å². The maximum absolute atomic E-state index is 13.6. The van der Waals surface area contributed by atoms with Crippen LogP contribution >= 0.6 is 0 Å². The number of Topliss-reactive ketones (excluding diaryl/α,β-unsaturated/α-hetero) is 3. The average Bonchev–Trinajstić information content (AvgIpc) is 2.74. The molecule has 0 fully saturated rings. The van der Waals surface area contributed by atoms with Crippen LogP contribution in [-0.2, 0) is 23.9 Å². The third-order valence-electron chi connectivity index (χ3n) is 6.28. The Morgan fingerprint density at radius 3 is 2.06 bits per heavy atom. The van der Waals surface area contributed by atoms with E-state index in [4.69, 9.17) is 4.74 Å². The van der Waals surface area contributed by atoms with Gasteiger partial charge in [-0.2, -0.15) is 0 Å². The third-order valence-corrected chi connectivity index (χ3v) is 6.28. The van der Waals surface area contributed by atoms with E-state index >= 15 is 0 Å². The number of rotatable bonds is 2. The van der Waals surface area contributed by atoms with Gasteiger partial charge in [0.1, 0.15) is 0 Å². The molecule has 0 aromatic heterocycles. The topological polar surface area (TPSA) is 97.7 Å². The number of ether oxygens (including phenoxy) is 1. The largest absolute Gasteiger partial charge is 0.504 e. The lowest BCUT2D eigenvalue weighted by Crippen LogP contribution is -2.61.